The van der Waals surface area contributed by atoms with Crippen LogP contribution in [0.15, 0.2) is 18.2 Å². The monoisotopic (exact) mass is 259 g/mol. The van der Waals surface area contributed by atoms with Crippen LogP contribution in [0, 0.1) is 0 Å². The number of anilines is 1. The second-order valence-electron chi connectivity index (χ2n) is 5.81. The molecule has 1 unspecified atom stereocenters. The highest BCUT2D eigenvalue weighted by molar-refractivity contribution is 5.58. The van der Waals surface area contributed by atoms with Crippen LogP contribution in [0.5, 0.6) is 0 Å². The van der Waals surface area contributed by atoms with Gasteiger partial charge in [0.1, 0.15) is 0 Å². The van der Waals surface area contributed by atoms with Gasteiger partial charge in [-0.2, -0.15) is 0 Å². The minimum absolute atomic E-state index is 0.684. The zero-order valence-corrected chi connectivity index (χ0v) is 12.2. The van der Waals surface area contributed by atoms with Crippen molar-refractivity contribution in [1.82, 2.24) is 10.2 Å². The lowest BCUT2D eigenvalue weighted by Crippen LogP contribution is -2.44. The van der Waals surface area contributed by atoms with E-state index < -0.39 is 0 Å². The average molecular weight is 259 g/mol. The van der Waals surface area contributed by atoms with Crippen LogP contribution in [0.1, 0.15) is 31.4 Å². The molecule has 0 spiro atoms. The molecule has 1 aromatic rings. The Morgan fingerprint density at radius 2 is 2.00 bits per heavy atom. The van der Waals surface area contributed by atoms with Crippen LogP contribution in [0.25, 0.3) is 0 Å². The summed E-state index contributed by atoms with van der Waals surface area (Å²) in [5.41, 5.74) is 4.59. The summed E-state index contributed by atoms with van der Waals surface area (Å²) in [6, 6.07) is 7.53. The molecule has 2 aliphatic rings. The van der Waals surface area contributed by atoms with Crippen molar-refractivity contribution in [3.8, 4) is 0 Å². The maximum Gasteiger partial charge on any atom is 0.0416 e. The van der Waals surface area contributed by atoms with Crippen molar-refractivity contribution in [3.63, 3.8) is 0 Å². The molecule has 2 heterocycles. The van der Waals surface area contributed by atoms with Gasteiger partial charge in [-0.15, -0.1) is 0 Å². The van der Waals surface area contributed by atoms with Crippen molar-refractivity contribution in [2.75, 3.05) is 31.1 Å². The summed E-state index contributed by atoms with van der Waals surface area (Å²) in [5.74, 6) is 0. The van der Waals surface area contributed by atoms with E-state index in [1.54, 1.807) is 5.56 Å². The van der Waals surface area contributed by atoms with Crippen LogP contribution in [0.2, 0.25) is 0 Å². The van der Waals surface area contributed by atoms with Crippen molar-refractivity contribution in [1.29, 1.82) is 0 Å². The van der Waals surface area contributed by atoms with Crippen LogP contribution in [-0.2, 0) is 13.1 Å². The fraction of sp³-hybridized carbons (Fsp3) is 0.625. The van der Waals surface area contributed by atoms with E-state index in [-0.39, 0.29) is 0 Å². The smallest absolute Gasteiger partial charge is 0.0416 e. The highest BCUT2D eigenvalue weighted by Crippen LogP contribution is 2.33. The van der Waals surface area contributed by atoms with Crippen molar-refractivity contribution in [2.24, 2.45) is 0 Å². The predicted octanol–water partition coefficient (Wildman–Crippen LogP) is 2.21. The van der Waals surface area contributed by atoms with Crippen LogP contribution < -0.4 is 10.2 Å². The lowest BCUT2D eigenvalue weighted by atomic mass is 10.1. The molecule has 3 nitrogen and oxygen atoms in total. The second-order valence-corrected chi connectivity index (χ2v) is 5.81. The topological polar surface area (TPSA) is 18.5 Å². The van der Waals surface area contributed by atoms with Crippen LogP contribution in [-0.4, -0.2) is 37.1 Å². The molecule has 104 valence electrons. The Morgan fingerprint density at radius 1 is 1.21 bits per heavy atom. The molecule has 0 aromatic heterocycles. The van der Waals surface area contributed by atoms with Gasteiger partial charge >= 0.3 is 0 Å². The molecule has 0 saturated carbocycles. The van der Waals surface area contributed by atoms with Gasteiger partial charge in [0.25, 0.3) is 0 Å². The third-order valence-electron chi connectivity index (χ3n) is 4.65. The first kappa shape index (κ1) is 12.9. The lowest BCUT2D eigenvalue weighted by molar-refractivity contribution is 0.208. The molecule has 1 fully saturated rings. The van der Waals surface area contributed by atoms with Crippen molar-refractivity contribution in [2.45, 2.75) is 39.4 Å². The zero-order chi connectivity index (χ0) is 13.2. The third kappa shape index (κ3) is 2.49. The number of hydrogen-bond donors (Lipinski definition) is 1. The van der Waals surface area contributed by atoms with E-state index in [1.807, 2.05) is 0 Å². The second kappa shape index (κ2) is 5.51. The Hall–Kier alpha value is -1.06. The lowest BCUT2D eigenvalue weighted by Gasteiger charge is -2.31. The summed E-state index contributed by atoms with van der Waals surface area (Å²) in [7, 11) is 0. The molecule has 1 atom stereocenters. The highest BCUT2D eigenvalue weighted by atomic mass is 15.2. The van der Waals surface area contributed by atoms with Gasteiger partial charge in [-0.3, -0.25) is 4.90 Å². The van der Waals surface area contributed by atoms with Gasteiger partial charge in [-0.1, -0.05) is 19.1 Å². The van der Waals surface area contributed by atoms with Crippen molar-refractivity contribution < 1.29 is 0 Å². The molecule has 0 bridgehead atoms. The van der Waals surface area contributed by atoms with Crippen LogP contribution in [0.3, 0.4) is 0 Å². The number of hydrogen-bond acceptors (Lipinski definition) is 3. The van der Waals surface area contributed by atoms with E-state index in [0.717, 1.165) is 39.3 Å². The molecule has 2 aliphatic heterocycles. The van der Waals surface area contributed by atoms with Crippen LogP contribution in [0.4, 0.5) is 5.69 Å². The fourth-order valence-electron chi connectivity index (χ4n) is 3.20. The number of benzene rings is 1. The Kier molecular flexibility index (Phi) is 3.76. The van der Waals surface area contributed by atoms with Gasteiger partial charge in [0.05, 0.1) is 0 Å². The Morgan fingerprint density at radius 3 is 2.74 bits per heavy atom. The summed E-state index contributed by atoms with van der Waals surface area (Å²) in [6.07, 6.45) is 1.23. The Balaban J connectivity index is 1.83. The molecule has 3 heteroatoms. The van der Waals surface area contributed by atoms with E-state index in [9.17, 15) is 0 Å². The number of piperazine rings is 1. The van der Waals surface area contributed by atoms with E-state index in [0.29, 0.717) is 6.04 Å². The van der Waals surface area contributed by atoms with Gasteiger partial charge in [0.2, 0.25) is 0 Å². The van der Waals surface area contributed by atoms with E-state index in [1.165, 1.54) is 17.7 Å². The van der Waals surface area contributed by atoms with Gasteiger partial charge in [-0.05, 0) is 30.5 Å². The summed E-state index contributed by atoms with van der Waals surface area (Å²) in [4.78, 5) is 5.16. The average Bonchev–Trinajstić information content (AvgIpc) is 2.91. The zero-order valence-electron chi connectivity index (χ0n) is 12.2. The van der Waals surface area contributed by atoms with Gasteiger partial charge in [0.15, 0.2) is 0 Å². The number of nitrogens with zero attached hydrogens (tertiary/aromatic N) is 2. The van der Waals surface area contributed by atoms with E-state index in [4.69, 9.17) is 0 Å². The third-order valence-corrected chi connectivity index (χ3v) is 4.65. The maximum absolute atomic E-state index is 3.44. The molecule has 1 N–H and O–H groups in total. The molecule has 19 heavy (non-hydrogen) atoms. The first-order chi connectivity index (χ1) is 9.29. The molecule has 0 amide bonds. The minimum atomic E-state index is 0.684. The van der Waals surface area contributed by atoms with Crippen LogP contribution >= 0.6 is 0 Å². The minimum Gasteiger partial charge on any atom is -0.369 e. The molecular formula is C16H25N3. The Labute approximate surface area is 116 Å². The molecule has 0 radical (unpaired) electrons. The molecule has 1 saturated heterocycles. The Bertz CT molecular complexity index is 438. The normalized spacial score (nSPS) is 21.5. The van der Waals surface area contributed by atoms with Gasteiger partial charge < -0.3 is 10.2 Å². The summed E-state index contributed by atoms with van der Waals surface area (Å²) in [6.45, 7) is 11.4. The van der Waals surface area contributed by atoms with E-state index in [2.05, 4.69) is 47.2 Å². The highest BCUT2D eigenvalue weighted by Gasteiger charge is 2.26. The SMILES string of the molecule is CCC(C)N1Cc2cccc(N3CCNCC3)c2C1. The quantitative estimate of drug-likeness (QED) is 0.898. The van der Waals surface area contributed by atoms with Gasteiger partial charge in [0, 0.05) is 51.0 Å². The number of nitrogens with one attached hydrogen (secondary N) is 1. The molecule has 1 aromatic carbocycles. The molecule has 3 rings (SSSR count). The molecular weight excluding hydrogens is 234 g/mol. The number of fused-ring (bicyclic) bond motifs is 1. The summed E-state index contributed by atoms with van der Waals surface area (Å²) >= 11 is 0. The standard InChI is InChI=1S/C16H25N3/c1-3-13(2)19-11-14-5-4-6-16(15(14)12-19)18-9-7-17-8-10-18/h4-6,13,17H,3,7-12H2,1-2H3. The number of rotatable bonds is 3. The fourth-order valence-corrected chi connectivity index (χ4v) is 3.20. The maximum atomic E-state index is 3.44. The summed E-state index contributed by atoms with van der Waals surface area (Å²) in [5, 5.41) is 3.44. The first-order valence-electron chi connectivity index (χ1n) is 7.60. The van der Waals surface area contributed by atoms with Crippen molar-refractivity contribution >= 4 is 5.69 Å². The predicted molar refractivity (Wildman–Crippen MR) is 80.5 cm³/mol. The van der Waals surface area contributed by atoms with E-state index >= 15 is 0 Å². The largest absolute Gasteiger partial charge is 0.369 e. The van der Waals surface area contributed by atoms with Gasteiger partial charge in [-0.25, -0.2) is 0 Å². The van der Waals surface area contributed by atoms with Crippen molar-refractivity contribution in [3.05, 3.63) is 29.3 Å². The molecule has 0 aliphatic carbocycles. The summed E-state index contributed by atoms with van der Waals surface area (Å²) < 4.78 is 0. The first-order valence-corrected chi connectivity index (χ1v) is 7.60.